The third kappa shape index (κ3) is 2.34. The second-order valence-electron chi connectivity index (χ2n) is 2.26. The molecule has 0 N–H and O–H groups in total. The molecule has 0 spiro atoms. The lowest BCUT2D eigenvalue weighted by molar-refractivity contribution is 0.237. The summed E-state index contributed by atoms with van der Waals surface area (Å²) >= 11 is 0. The van der Waals surface area contributed by atoms with Crippen LogP contribution in [0.2, 0.25) is 0 Å². The molecule has 1 nitrogen and oxygen atoms in total. The smallest absolute Gasteiger partial charge is 0.126 e. The number of benzene rings is 1. The molecular weight excluding hydrogens is 162 g/mol. The van der Waals surface area contributed by atoms with Crippen LogP contribution in [0.25, 0.3) is 0 Å². The van der Waals surface area contributed by atoms with Crippen LogP contribution in [-0.4, -0.2) is 0 Å². The van der Waals surface area contributed by atoms with Gasteiger partial charge in [-0.15, -0.1) is 0 Å². The fourth-order valence-electron chi connectivity index (χ4n) is 0.849. The number of halogens is 2. The molecule has 0 fully saturated rings. The van der Waals surface area contributed by atoms with Gasteiger partial charge in [-0.1, -0.05) is 6.58 Å². The van der Waals surface area contributed by atoms with Crippen LogP contribution in [0.4, 0.5) is 8.78 Å². The van der Waals surface area contributed by atoms with Crippen molar-refractivity contribution in [1.82, 2.24) is 0 Å². The maximum absolute atomic E-state index is 12.5. The van der Waals surface area contributed by atoms with Gasteiger partial charge in [0, 0.05) is 6.07 Å². The fourth-order valence-corrected chi connectivity index (χ4v) is 0.849. The molecule has 0 radical (unpaired) electrons. The Hall–Kier alpha value is -1.38. The molecule has 1 aromatic carbocycles. The normalized spacial score (nSPS) is 9.50. The molecule has 0 saturated carbocycles. The zero-order valence-electron chi connectivity index (χ0n) is 6.39. The molecule has 0 bridgehead atoms. The first-order valence-electron chi connectivity index (χ1n) is 3.40. The minimum absolute atomic E-state index is 0.137. The maximum atomic E-state index is 12.5. The molecule has 0 amide bonds. The van der Waals surface area contributed by atoms with Gasteiger partial charge in [-0.3, -0.25) is 0 Å². The summed E-state index contributed by atoms with van der Waals surface area (Å²) < 4.78 is 29.8. The highest BCUT2D eigenvalue weighted by atomic mass is 19.1. The van der Waals surface area contributed by atoms with Gasteiger partial charge in [0.25, 0.3) is 0 Å². The van der Waals surface area contributed by atoms with Crippen LogP contribution in [0.3, 0.4) is 0 Å². The molecule has 0 unspecified atom stereocenters. The summed E-state index contributed by atoms with van der Waals surface area (Å²) in [5.74, 6) is -1.20. The summed E-state index contributed by atoms with van der Waals surface area (Å²) in [7, 11) is 0. The van der Waals surface area contributed by atoms with Gasteiger partial charge in [0.05, 0.1) is 6.26 Å². The second kappa shape index (κ2) is 3.85. The molecule has 64 valence electrons. The minimum Gasteiger partial charge on any atom is -0.497 e. The van der Waals surface area contributed by atoms with E-state index in [9.17, 15) is 8.78 Å². The first-order valence-corrected chi connectivity index (χ1v) is 3.40. The molecule has 0 aliphatic rings. The molecule has 0 aliphatic heterocycles. The van der Waals surface area contributed by atoms with Gasteiger partial charge in [0.15, 0.2) is 0 Å². The van der Waals surface area contributed by atoms with Crippen LogP contribution < -0.4 is 0 Å². The summed E-state index contributed by atoms with van der Waals surface area (Å²) in [4.78, 5) is 0. The van der Waals surface area contributed by atoms with Crippen LogP contribution in [-0.2, 0) is 11.3 Å². The first kappa shape index (κ1) is 8.71. The van der Waals surface area contributed by atoms with Gasteiger partial charge in [-0.05, 0) is 17.7 Å². The van der Waals surface area contributed by atoms with Gasteiger partial charge >= 0.3 is 0 Å². The predicted molar refractivity (Wildman–Crippen MR) is 41.3 cm³/mol. The van der Waals surface area contributed by atoms with Crippen molar-refractivity contribution in [3.05, 3.63) is 48.2 Å². The average molecular weight is 170 g/mol. The Bertz CT molecular complexity index is 264. The minimum atomic E-state index is -0.599. The van der Waals surface area contributed by atoms with Crippen LogP contribution in [0.5, 0.6) is 0 Å². The van der Waals surface area contributed by atoms with Crippen molar-refractivity contribution in [3.63, 3.8) is 0 Å². The zero-order valence-corrected chi connectivity index (χ0v) is 6.39. The highest BCUT2D eigenvalue weighted by molar-refractivity contribution is 5.16. The van der Waals surface area contributed by atoms with Crippen molar-refractivity contribution >= 4 is 0 Å². The summed E-state index contributed by atoms with van der Waals surface area (Å²) in [6.45, 7) is 3.45. The standard InChI is InChI=1S/C9H8F2O/c1-2-12-6-7-3-8(10)5-9(11)4-7/h2-5H,1,6H2. The summed E-state index contributed by atoms with van der Waals surface area (Å²) in [5.41, 5.74) is 0.451. The summed E-state index contributed by atoms with van der Waals surface area (Å²) in [5, 5.41) is 0. The van der Waals surface area contributed by atoms with Gasteiger partial charge < -0.3 is 4.74 Å². The molecule has 0 aromatic heterocycles. The second-order valence-corrected chi connectivity index (χ2v) is 2.26. The SMILES string of the molecule is C=COCc1cc(F)cc(F)c1. The van der Waals surface area contributed by atoms with Gasteiger partial charge in [-0.2, -0.15) is 0 Å². The molecule has 0 heterocycles. The monoisotopic (exact) mass is 170 g/mol. The van der Waals surface area contributed by atoms with Crippen molar-refractivity contribution in [1.29, 1.82) is 0 Å². The number of hydrogen-bond acceptors (Lipinski definition) is 1. The number of ether oxygens (including phenoxy) is 1. The van der Waals surface area contributed by atoms with Gasteiger partial charge in [0.2, 0.25) is 0 Å². The lowest BCUT2D eigenvalue weighted by Gasteiger charge is -2.00. The topological polar surface area (TPSA) is 9.23 Å². The van der Waals surface area contributed by atoms with Crippen LogP contribution >= 0.6 is 0 Å². The zero-order chi connectivity index (χ0) is 8.97. The van der Waals surface area contributed by atoms with Crippen LogP contribution in [0.15, 0.2) is 31.0 Å². The van der Waals surface area contributed by atoms with E-state index in [4.69, 9.17) is 4.74 Å². The van der Waals surface area contributed by atoms with E-state index in [0.717, 1.165) is 6.07 Å². The molecule has 3 heteroatoms. The number of hydrogen-bond donors (Lipinski definition) is 0. The Labute approximate surface area is 69.3 Å². The van der Waals surface area contributed by atoms with Crippen molar-refractivity contribution in [2.75, 3.05) is 0 Å². The molecule has 1 rings (SSSR count). The fraction of sp³-hybridized carbons (Fsp3) is 0.111. The van der Waals surface area contributed by atoms with Crippen molar-refractivity contribution < 1.29 is 13.5 Å². The third-order valence-electron chi connectivity index (χ3n) is 1.29. The van der Waals surface area contributed by atoms with E-state index < -0.39 is 11.6 Å². The molecular formula is C9H8F2O. The molecule has 1 aromatic rings. The third-order valence-corrected chi connectivity index (χ3v) is 1.29. The quantitative estimate of drug-likeness (QED) is 0.633. The van der Waals surface area contributed by atoms with Crippen molar-refractivity contribution in [3.8, 4) is 0 Å². The lowest BCUT2D eigenvalue weighted by atomic mass is 10.2. The van der Waals surface area contributed by atoms with Gasteiger partial charge in [-0.25, -0.2) is 8.78 Å². The molecule has 0 atom stereocenters. The lowest BCUT2D eigenvalue weighted by Crippen LogP contribution is -1.89. The van der Waals surface area contributed by atoms with Gasteiger partial charge in [0.1, 0.15) is 18.2 Å². The van der Waals surface area contributed by atoms with E-state index in [0.29, 0.717) is 5.56 Å². The van der Waals surface area contributed by atoms with E-state index in [1.807, 2.05) is 0 Å². The first-order chi connectivity index (χ1) is 5.72. The Balaban J connectivity index is 2.78. The molecule has 0 aliphatic carbocycles. The maximum Gasteiger partial charge on any atom is 0.126 e. The highest BCUT2D eigenvalue weighted by Gasteiger charge is 1.99. The average Bonchev–Trinajstić information content (AvgIpc) is 1.99. The Morgan fingerprint density at radius 2 is 1.83 bits per heavy atom. The largest absolute Gasteiger partial charge is 0.497 e. The molecule has 0 saturated heterocycles. The van der Waals surface area contributed by atoms with Crippen LogP contribution in [0.1, 0.15) is 5.56 Å². The molecule has 12 heavy (non-hydrogen) atoms. The van der Waals surface area contributed by atoms with Crippen molar-refractivity contribution in [2.45, 2.75) is 6.61 Å². The Morgan fingerprint density at radius 3 is 2.33 bits per heavy atom. The number of rotatable bonds is 3. The Kier molecular flexibility index (Phi) is 2.80. The highest BCUT2D eigenvalue weighted by Crippen LogP contribution is 2.08. The van der Waals surface area contributed by atoms with E-state index in [1.54, 1.807) is 0 Å². The van der Waals surface area contributed by atoms with E-state index in [2.05, 4.69) is 6.58 Å². The van der Waals surface area contributed by atoms with E-state index >= 15 is 0 Å². The van der Waals surface area contributed by atoms with Crippen molar-refractivity contribution in [2.24, 2.45) is 0 Å². The Morgan fingerprint density at radius 1 is 1.25 bits per heavy atom. The van der Waals surface area contributed by atoms with E-state index in [1.165, 1.54) is 18.4 Å². The predicted octanol–water partition coefficient (Wildman–Crippen LogP) is 2.62. The summed E-state index contributed by atoms with van der Waals surface area (Å²) in [6.07, 6.45) is 1.23. The summed E-state index contributed by atoms with van der Waals surface area (Å²) in [6, 6.07) is 3.25. The van der Waals surface area contributed by atoms with Crippen LogP contribution in [0, 0.1) is 11.6 Å². The van der Waals surface area contributed by atoms with E-state index in [-0.39, 0.29) is 6.61 Å².